The van der Waals surface area contributed by atoms with Crippen LogP contribution >= 0.6 is 9.24 Å². The molecule has 4 aromatic carbocycles. The Morgan fingerprint density at radius 1 is 0.559 bits per heavy atom. The van der Waals surface area contributed by atoms with E-state index in [4.69, 9.17) is 0 Å². The summed E-state index contributed by atoms with van der Waals surface area (Å²) in [6.45, 7) is 15.6. The maximum absolute atomic E-state index is 3.72. The standard InChI is InChI=1S/C11H17P.3C7H7.Zr/c1-3-9-5-7-10(8-6-9)11(12)4-2;3*1-7-5-3-2-4-6-7;/h5-8,11H,3-4,12H2,1-2H3;3*2-6H,1H2;/q;3*-1;+3. The van der Waals surface area contributed by atoms with Gasteiger partial charge in [0.1, 0.15) is 0 Å². The summed E-state index contributed by atoms with van der Waals surface area (Å²) in [7, 11) is 2.88. The number of benzene rings is 4. The van der Waals surface area contributed by atoms with Crippen LogP contribution in [0.4, 0.5) is 0 Å². The predicted octanol–water partition coefficient (Wildman–Crippen LogP) is 9.18. The fraction of sp³-hybridized carbons (Fsp3) is 0.156. The summed E-state index contributed by atoms with van der Waals surface area (Å²) in [5.74, 6) is 0. The van der Waals surface area contributed by atoms with E-state index in [0.717, 1.165) is 23.1 Å². The molecule has 0 saturated carbocycles. The van der Waals surface area contributed by atoms with Gasteiger partial charge >= 0.3 is 26.2 Å². The van der Waals surface area contributed by atoms with Crippen LogP contribution in [0.2, 0.25) is 0 Å². The SMILES string of the molecule is CCc1ccc(C(P)CC)cc1.[CH2-]c1ccccc1.[CH2-]c1ccccc1.[CH2-]c1ccccc1.[Zr+3]. The summed E-state index contributed by atoms with van der Waals surface area (Å²) in [5, 5.41) is 0. The van der Waals surface area contributed by atoms with Crippen LogP contribution in [0.5, 0.6) is 0 Å². The topological polar surface area (TPSA) is 0 Å². The minimum absolute atomic E-state index is 0. The van der Waals surface area contributed by atoms with Crippen LogP contribution < -0.4 is 0 Å². The van der Waals surface area contributed by atoms with Gasteiger partial charge in [0.2, 0.25) is 0 Å². The van der Waals surface area contributed by atoms with Crippen molar-refractivity contribution in [2.75, 3.05) is 0 Å². The quantitative estimate of drug-likeness (QED) is 0.178. The van der Waals surface area contributed by atoms with E-state index in [1.807, 2.05) is 91.0 Å². The number of rotatable bonds is 3. The monoisotopic (exact) mass is 543 g/mol. The largest absolute Gasteiger partial charge is 3.00 e. The van der Waals surface area contributed by atoms with Crippen molar-refractivity contribution in [1.29, 1.82) is 0 Å². The first-order valence-electron chi connectivity index (χ1n) is 11.4. The molecule has 2 atom stereocenters. The first-order chi connectivity index (χ1) is 16.0. The summed E-state index contributed by atoms with van der Waals surface area (Å²) in [5.41, 5.74) is 6.69. The zero-order chi connectivity index (χ0) is 24.3. The molecule has 0 heterocycles. The van der Waals surface area contributed by atoms with Crippen LogP contribution in [0.25, 0.3) is 0 Å². The summed E-state index contributed by atoms with van der Waals surface area (Å²) in [6, 6.07) is 38.5. The van der Waals surface area contributed by atoms with Crippen molar-refractivity contribution in [1.82, 2.24) is 0 Å². The van der Waals surface area contributed by atoms with Crippen LogP contribution in [-0.4, -0.2) is 0 Å². The van der Waals surface area contributed by atoms with E-state index in [9.17, 15) is 0 Å². The third kappa shape index (κ3) is 15.6. The summed E-state index contributed by atoms with van der Waals surface area (Å²) in [6.07, 6.45) is 2.32. The molecule has 4 aromatic rings. The van der Waals surface area contributed by atoms with E-state index >= 15 is 0 Å². The Kier molecular flexibility index (Phi) is 18.9. The molecule has 0 aliphatic rings. The Morgan fingerprint density at radius 2 is 0.882 bits per heavy atom. The zero-order valence-corrected chi connectivity index (χ0v) is 24.3. The van der Waals surface area contributed by atoms with Crippen molar-refractivity contribution in [3.8, 4) is 0 Å². The van der Waals surface area contributed by atoms with Crippen LogP contribution in [0.1, 0.15) is 53.7 Å². The molecule has 0 saturated heterocycles. The Hall–Kier alpha value is -2.20. The molecule has 175 valence electrons. The van der Waals surface area contributed by atoms with Crippen molar-refractivity contribution < 1.29 is 26.2 Å². The van der Waals surface area contributed by atoms with Gasteiger partial charge in [-0.1, -0.05) is 56.3 Å². The molecule has 34 heavy (non-hydrogen) atoms. The summed E-state index contributed by atoms with van der Waals surface area (Å²) < 4.78 is 0. The first-order valence-corrected chi connectivity index (χ1v) is 12.1. The first kappa shape index (κ1) is 31.8. The van der Waals surface area contributed by atoms with Crippen LogP contribution in [0.3, 0.4) is 0 Å². The molecule has 0 bridgehead atoms. The second-order valence-corrected chi connectivity index (χ2v) is 8.37. The van der Waals surface area contributed by atoms with Gasteiger partial charge in [-0.3, -0.25) is 0 Å². The second kappa shape index (κ2) is 20.2. The molecule has 1 radical (unpaired) electrons. The predicted molar refractivity (Wildman–Crippen MR) is 151 cm³/mol. The van der Waals surface area contributed by atoms with Crippen molar-refractivity contribution in [2.24, 2.45) is 0 Å². The van der Waals surface area contributed by atoms with Crippen LogP contribution in [0, 0.1) is 20.8 Å². The van der Waals surface area contributed by atoms with Gasteiger partial charge in [0.05, 0.1) is 0 Å². The third-order valence-electron chi connectivity index (χ3n) is 4.78. The van der Waals surface area contributed by atoms with Crippen molar-refractivity contribution >= 4 is 9.24 Å². The summed E-state index contributed by atoms with van der Waals surface area (Å²) in [4.78, 5) is 0. The molecule has 0 aliphatic carbocycles. The Bertz CT molecular complexity index is 863. The van der Waals surface area contributed by atoms with E-state index in [-0.39, 0.29) is 26.2 Å². The van der Waals surface area contributed by atoms with Crippen molar-refractivity contribution in [3.05, 3.63) is 164 Å². The number of aryl methyl sites for hydroxylation is 1. The van der Waals surface area contributed by atoms with Gasteiger partial charge in [0.15, 0.2) is 0 Å². The smallest absolute Gasteiger partial charge is 0.199 e. The molecular formula is C32H38PZr. The zero-order valence-electron chi connectivity index (χ0n) is 20.7. The van der Waals surface area contributed by atoms with Gasteiger partial charge in [-0.05, 0) is 29.6 Å². The van der Waals surface area contributed by atoms with Gasteiger partial charge in [-0.25, -0.2) is 0 Å². The Labute approximate surface area is 230 Å². The van der Waals surface area contributed by atoms with Gasteiger partial charge in [-0.15, -0.1) is 45.6 Å². The van der Waals surface area contributed by atoms with Crippen LogP contribution in [-0.2, 0) is 32.6 Å². The molecule has 0 nitrogen and oxygen atoms in total. The molecule has 2 unspecified atom stereocenters. The van der Waals surface area contributed by atoms with E-state index in [2.05, 4.69) is 68.1 Å². The van der Waals surface area contributed by atoms with Gasteiger partial charge < -0.3 is 0 Å². The molecule has 0 fully saturated rings. The fourth-order valence-corrected chi connectivity index (χ4v) is 2.89. The van der Waals surface area contributed by atoms with Crippen molar-refractivity contribution in [2.45, 2.75) is 32.3 Å². The molecule has 0 spiro atoms. The molecule has 0 aliphatic heterocycles. The second-order valence-electron chi connectivity index (χ2n) is 7.57. The average molecular weight is 545 g/mol. The number of hydrogen-bond acceptors (Lipinski definition) is 0. The van der Waals surface area contributed by atoms with E-state index < -0.39 is 0 Å². The minimum atomic E-state index is 0. The van der Waals surface area contributed by atoms with Gasteiger partial charge in [-0.2, -0.15) is 73.9 Å². The third-order valence-corrected chi connectivity index (χ3v) is 5.64. The maximum Gasteiger partial charge on any atom is 3.00 e. The Balaban J connectivity index is 0.000000437. The van der Waals surface area contributed by atoms with E-state index in [1.165, 1.54) is 17.5 Å². The minimum Gasteiger partial charge on any atom is -0.199 e. The van der Waals surface area contributed by atoms with Crippen LogP contribution in [0.15, 0.2) is 115 Å². The molecule has 4 rings (SSSR count). The normalized spacial score (nSPS) is 9.85. The van der Waals surface area contributed by atoms with Gasteiger partial charge in [0.25, 0.3) is 0 Å². The van der Waals surface area contributed by atoms with E-state index in [1.54, 1.807) is 0 Å². The fourth-order valence-electron chi connectivity index (χ4n) is 2.67. The molecular weight excluding hydrogens is 507 g/mol. The number of hydrogen-bond donors (Lipinski definition) is 0. The van der Waals surface area contributed by atoms with E-state index in [0.29, 0.717) is 5.66 Å². The molecule has 0 aromatic heterocycles. The molecule has 0 N–H and O–H groups in total. The maximum atomic E-state index is 3.72. The molecule has 0 amide bonds. The van der Waals surface area contributed by atoms with Gasteiger partial charge in [0, 0.05) is 0 Å². The average Bonchev–Trinajstić information content (AvgIpc) is 2.86. The summed E-state index contributed by atoms with van der Waals surface area (Å²) >= 11 is 0. The van der Waals surface area contributed by atoms with Crippen molar-refractivity contribution in [3.63, 3.8) is 0 Å². The Morgan fingerprint density at radius 3 is 1.09 bits per heavy atom. The molecule has 2 heteroatoms.